The Morgan fingerprint density at radius 3 is 2.45 bits per heavy atom. The molecule has 0 saturated carbocycles. The van der Waals surface area contributed by atoms with Crippen LogP contribution >= 0.6 is 11.3 Å². The van der Waals surface area contributed by atoms with Crippen molar-refractivity contribution in [2.75, 3.05) is 5.32 Å². The van der Waals surface area contributed by atoms with Crippen molar-refractivity contribution in [3.63, 3.8) is 0 Å². The zero-order chi connectivity index (χ0) is 16.1. The number of aromatic nitrogens is 1. The minimum atomic E-state index is -0.913. The molecular weight excluding hydrogens is 300 g/mol. The Hall–Kier alpha value is -2.21. The fraction of sp³-hybridized carbons (Fsp3) is 0.312. The van der Waals surface area contributed by atoms with Gasteiger partial charge in [-0.2, -0.15) is 0 Å². The van der Waals surface area contributed by atoms with Crippen LogP contribution in [0.15, 0.2) is 24.3 Å². The fourth-order valence-electron chi connectivity index (χ4n) is 1.99. The lowest BCUT2D eigenvalue weighted by Crippen LogP contribution is -2.08. The van der Waals surface area contributed by atoms with Crippen LogP contribution in [0.5, 0.6) is 0 Å². The zero-order valence-corrected chi connectivity index (χ0v) is 13.4. The Labute approximate surface area is 133 Å². The summed E-state index contributed by atoms with van der Waals surface area (Å²) in [6, 6.07) is 7.88. The van der Waals surface area contributed by atoms with Gasteiger partial charge in [-0.3, -0.25) is 9.59 Å². The molecule has 6 heteroatoms. The highest BCUT2D eigenvalue weighted by Crippen LogP contribution is 2.32. The molecule has 5 nitrogen and oxygen atoms in total. The number of nitrogens with zero attached hydrogens (tertiary/aromatic N) is 1. The number of thiazole rings is 1. The Bertz CT molecular complexity index is 677. The van der Waals surface area contributed by atoms with E-state index in [1.807, 2.05) is 24.3 Å². The highest BCUT2D eigenvalue weighted by Gasteiger charge is 2.16. The van der Waals surface area contributed by atoms with Crippen molar-refractivity contribution in [3.8, 4) is 11.3 Å². The van der Waals surface area contributed by atoms with Gasteiger partial charge in [-0.1, -0.05) is 38.1 Å². The minimum absolute atomic E-state index is 0.107. The molecule has 0 atom stereocenters. The number of aliphatic carboxylic acids is 1. The van der Waals surface area contributed by atoms with Crippen LogP contribution in [0.4, 0.5) is 5.13 Å². The first-order valence-corrected chi connectivity index (χ1v) is 7.95. The summed E-state index contributed by atoms with van der Waals surface area (Å²) in [6.45, 7) is 3.83. The molecule has 1 heterocycles. The van der Waals surface area contributed by atoms with Crippen molar-refractivity contribution in [1.29, 1.82) is 0 Å². The molecule has 1 amide bonds. The summed E-state index contributed by atoms with van der Waals surface area (Å²) in [7, 11) is 0. The van der Waals surface area contributed by atoms with Crippen LogP contribution in [0, 0.1) is 0 Å². The molecule has 2 N–H and O–H groups in total. The van der Waals surface area contributed by atoms with Gasteiger partial charge < -0.3 is 10.4 Å². The van der Waals surface area contributed by atoms with Gasteiger partial charge in [0.15, 0.2) is 5.13 Å². The minimum Gasteiger partial charge on any atom is -0.481 e. The maximum absolute atomic E-state index is 11.5. The molecular formula is C16H18N2O3S. The molecule has 0 aliphatic rings. The molecule has 1 aromatic carbocycles. The van der Waals surface area contributed by atoms with E-state index in [0.29, 0.717) is 22.1 Å². The second kappa shape index (κ2) is 7.17. The number of hydrogen-bond acceptors (Lipinski definition) is 4. The molecule has 0 spiro atoms. The third-order valence-electron chi connectivity index (χ3n) is 3.21. The van der Waals surface area contributed by atoms with Crippen molar-refractivity contribution in [2.45, 2.75) is 33.1 Å². The zero-order valence-electron chi connectivity index (χ0n) is 12.5. The summed E-state index contributed by atoms with van der Waals surface area (Å²) >= 11 is 1.21. The first-order chi connectivity index (χ1) is 10.5. The van der Waals surface area contributed by atoms with Crippen LogP contribution in [-0.2, 0) is 22.4 Å². The highest BCUT2D eigenvalue weighted by molar-refractivity contribution is 7.16. The van der Waals surface area contributed by atoms with Gasteiger partial charge in [0.1, 0.15) is 0 Å². The molecule has 1 aromatic heterocycles. The smallest absolute Gasteiger partial charge is 0.308 e. The molecule has 0 aliphatic carbocycles. The van der Waals surface area contributed by atoms with Crippen molar-refractivity contribution in [2.24, 2.45) is 0 Å². The number of aryl methyl sites for hydroxylation is 1. The van der Waals surface area contributed by atoms with Gasteiger partial charge in [0.2, 0.25) is 5.91 Å². The van der Waals surface area contributed by atoms with Crippen molar-refractivity contribution >= 4 is 28.3 Å². The van der Waals surface area contributed by atoms with E-state index in [9.17, 15) is 9.59 Å². The molecule has 0 saturated heterocycles. The second-order valence-corrected chi connectivity index (χ2v) is 5.90. The van der Waals surface area contributed by atoms with Crippen LogP contribution in [0.1, 0.15) is 30.7 Å². The molecule has 0 unspecified atom stereocenters. The summed E-state index contributed by atoms with van der Waals surface area (Å²) in [5.74, 6) is -1.05. The standard InChI is InChI=1S/C16H18N2O3S/c1-3-10-5-7-11(8-6-10)15-12(9-14(20)21)22-16(18-15)17-13(19)4-2/h5-8H,3-4,9H2,1-2H3,(H,20,21)(H,17,18,19). The predicted molar refractivity (Wildman–Crippen MR) is 87.2 cm³/mol. The average molecular weight is 318 g/mol. The summed E-state index contributed by atoms with van der Waals surface area (Å²) in [4.78, 5) is 27.6. The number of carbonyl (C=O) groups excluding carboxylic acids is 1. The number of carboxylic acids is 1. The van der Waals surface area contributed by atoms with Gasteiger partial charge in [-0.25, -0.2) is 4.98 Å². The van der Waals surface area contributed by atoms with E-state index < -0.39 is 5.97 Å². The molecule has 0 radical (unpaired) electrons. The van der Waals surface area contributed by atoms with E-state index in [0.717, 1.165) is 12.0 Å². The first kappa shape index (κ1) is 16.2. The van der Waals surface area contributed by atoms with Crippen molar-refractivity contribution in [1.82, 2.24) is 4.98 Å². The van der Waals surface area contributed by atoms with Crippen LogP contribution in [0.2, 0.25) is 0 Å². The Morgan fingerprint density at radius 2 is 1.91 bits per heavy atom. The van der Waals surface area contributed by atoms with Gasteiger partial charge in [0.05, 0.1) is 12.1 Å². The number of carboxylic acid groups (broad SMARTS) is 1. The van der Waals surface area contributed by atoms with E-state index in [1.54, 1.807) is 6.92 Å². The van der Waals surface area contributed by atoms with Crippen molar-refractivity contribution < 1.29 is 14.7 Å². The molecule has 2 aromatic rings. The maximum atomic E-state index is 11.5. The lowest BCUT2D eigenvalue weighted by atomic mass is 10.1. The first-order valence-electron chi connectivity index (χ1n) is 7.14. The molecule has 2 rings (SSSR count). The van der Waals surface area contributed by atoms with Gasteiger partial charge in [0, 0.05) is 16.9 Å². The van der Waals surface area contributed by atoms with E-state index in [2.05, 4.69) is 17.2 Å². The second-order valence-electron chi connectivity index (χ2n) is 4.81. The van der Waals surface area contributed by atoms with Gasteiger partial charge in [-0.05, 0) is 12.0 Å². The quantitative estimate of drug-likeness (QED) is 0.856. The summed E-state index contributed by atoms with van der Waals surface area (Å²) < 4.78 is 0. The number of amides is 1. The Kier molecular flexibility index (Phi) is 5.27. The van der Waals surface area contributed by atoms with Gasteiger partial charge in [-0.15, -0.1) is 11.3 Å². The predicted octanol–water partition coefficient (Wildman–Crippen LogP) is 3.35. The highest BCUT2D eigenvalue weighted by atomic mass is 32.1. The van der Waals surface area contributed by atoms with Gasteiger partial charge >= 0.3 is 5.97 Å². The van der Waals surface area contributed by atoms with Crippen LogP contribution < -0.4 is 5.32 Å². The molecule has 0 bridgehead atoms. The normalized spacial score (nSPS) is 10.5. The monoisotopic (exact) mass is 318 g/mol. The van der Waals surface area contributed by atoms with Crippen LogP contribution in [0.3, 0.4) is 0 Å². The van der Waals surface area contributed by atoms with Crippen LogP contribution in [0.25, 0.3) is 11.3 Å². The lowest BCUT2D eigenvalue weighted by molar-refractivity contribution is -0.136. The summed E-state index contributed by atoms with van der Waals surface area (Å²) in [6.07, 6.45) is 1.19. The Morgan fingerprint density at radius 1 is 1.23 bits per heavy atom. The summed E-state index contributed by atoms with van der Waals surface area (Å²) in [5.41, 5.74) is 2.70. The number of benzene rings is 1. The molecule has 116 valence electrons. The van der Waals surface area contributed by atoms with Gasteiger partial charge in [0.25, 0.3) is 0 Å². The number of rotatable bonds is 6. The number of anilines is 1. The number of carbonyl (C=O) groups is 2. The lowest BCUT2D eigenvalue weighted by Gasteiger charge is -2.02. The van der Waals surface area contributed by atoms with E-state index >= 15 is 0 Å². The van der Waals surface area contributed by atoms with E-state index in [1.165, 1.54) is 16.9 Å². The van der Waals surface area contributed by atoms with Crippen molar-refractivity contribution in [3.05, 3.63) is 34.7 Å². The largest absolute Gasteiger partial charge is 0.481 e. The molecule has 22 heavy (non-hydrogen) atoms. The molecule has 0 fully saturated rings. The number of hydrogen-bond donors (Lipinski definition) is 2. The average Bonchev–Trinajstić information content (AvgIpc) is 2.88. The van der Waals surface area contributed by atoms with Crippen LogP contribution in [-0.4, -0.2) is 22.0 Å². The third kappa shape index (κ3) is 3.92. The number of nitrogens with one attached hydrogen (secondary N) is 1. The SMILES string of the molecule is CCC(=O)Nc1nc(-c2ccc(CC)cc2)c(CC(=O)O)s1. The maximum Gasteiger partial charge on any atom is 0.308 e. The molecule has 0 aliphatic heterocycles. The Balaban J connectivity index is 2.37. The van der Waals surface area contributed by atoms with E-state index in [4.69, 9.17) is 5.11 Å². The topological polar surface area (TPSA) is 79.3 Å². The summed E-state index contributed by atoms with van der Waals surface area (Å²) in [5, 5.41) is 12.2. The third-order valence-corrected chi connectivity index (χ3v) is 4.18. The van der Waals surface area contributed by atoms with E-state index in [-0.39, 0.29) is 12.3 Å². The fourth-order valence-corrected chi connectivity index (χ4v) is 2.98.